The Labute approximate surface area is 258 Å². The maximum Gasteiger partial charge on any atom is 0.310 e. The molecule has 6 rings (SSSR count). The number of carbonyl (C=O) groups excluding carboxylic acids is 1. The van der Waals surface area contributed by atoms with Gasteiger partial charge in [0, 0.05) is 42.7 Å². The van der Waals surface area contributed by atoms with Crippen LogP contribution in [0.4, 0.5) is 5.82 Å². The molecule has 2 heterocycles. The van der Waals surface area contributed by atoms with E-state index < -0.39 is 0 Å². The second-order valence-electron chi connectivity index (χ2n) is 11.7. The number of hydrogen-bond donors (Lipinski definition) is 1. The summed E-state index contributed by atoms with van der Waals surface area (Å²) >= 11 is 0. The fourth-order valence-electron chi connectivity index (χ4n) is 6.16. The van der Waals surface area contributed by atoms with Gasteiger partial charge in [0.2, 0.25) is 0 Å². The molecule has 0 aliphatic heterocycles. The third-order valence-corrected chi connectivity index (χ3v) is 8.53. The molecule has 2 aromatic heterocycles. The summed E-state index contributed by atoms with van der Waals surface area (Å²) in [6, 6.07) is 21.0. The Kier molecular flexibility index (Phi) is 9.07. The number of hydrogen-bond acceptors (Lipinski definition) is 7. The molecule has 8 heteroatoms. The standard InChI is InChI=1S/C36H40N4O4/c1-24-9-10-28(22-35(41)43-18-6-17-42-2)34(19-24)44-23-33-31-21-27(26-12-11-25-15-16-38-36(37)30(25)20-26)13-14-32(31)39-40(33)29-7-4-3-5-8-29/h9-16,19-21,29H,3-8,17-18,22-23H2,1-2H3,(H2,37,38). The smallest absolute Gasteiger partial charge is 0.310 e. The summed E-state index contributed by atoms with van der Waals surface area (Å²) in [5.74, 6) is 0.942. The lowest BCUT2D eigenvalue weighted by atomic mass is 9.95. The number of methoxy groups -OCH3 is 1. The first-order valence-electron chi connectivity index (χ1n) is 15.5. The van der Waals surface area contributed by atoms with Crippen LogP contribution in [0.5, 0.6) is 5.75 Å². The Balaban J connectivity index is 1.32. The molecule has 0 saturated heterocycles. The van der Waals surface area contributed by atoms with E-state index in [1.807, 2.05) is 31.2 Å². The van der Waals surface area contributed by atoms with E-state index in [-0.39, 0.29) is 12.4 Å². The molecule has 0 amide bonds. The Hall–Kier alpha value is -4.43. The van der Waals surface area contributed by atoms with Crippen molar-refractivity contribution in [3.8, 4) is 16.9 Å². The first-order valence-corrected chi connectivity index (χ1v) is 15.5. The van der Waals surface area contributed by atoms with Crippen LogP contribution in [0.15, 0.2) is 66.9 Å². The summed E-state index contributed by atoms with van der Waals surface area (Å²) in [4.78, 5) is 16.9. The molecule has 3 aromatic carbocycles. The molecule has 0 spiro atoms. The van der Waals surface area contributed by atoms with E-state index in [4.69, 9.17) is 25.0 Å². The largest absolute Gasteiger partial charge is 0.487 e. The molecule has 1 fully saturated rings. The second kappa shape index (κ2) is 13.5. The topological polar surface area (TPSA) is 101 Å². The Bertz CT molecular complexity index is 1770. The van der Waals surface area contributed by atoms with Crippen molar-refractivity contribution in [3.63, 3.8) is 0 Å². The molecule has 0 bridgehead atoms. The van der Waals surface area contributed by atoms with Gasteiger partial charge in [-0.25, -0.2) is 4.98 Å². The van der Waals surface area contributed by atoms with E-state index in [2.05, 4.69) is 46.1 Å². The molecule has 0 atom stereocenters. The minimum absolute atomic E-state index is 0.148. The molecule has 1 aliphatic carbocycles. The molecule has 44 heavy (non-hydrogen) atoms. The van der Waals surface area contributed by atoms with E-state index in [1.54, 1.807) is 13.3 Å². The number of esters is 1. The average Bonchev–Trinajstić information content (AvgIpc) is 3.41. The Morgan fingerprint density at radius 3 is 2.57 bits per heavy atom. The van der Waals surface area contributed by atoms with Crippen molar-refractivity contribution in [2.45, 2.75) is 64.5 Å². The van der Waals surface area contributed by atoms with Crippen LogP contribution in [0, 0.1) is 6.92 Å². The molecule has 1 aliphatic rings. The summed E-state index contributed by atoms with van der Waals surface area (Å²) in [6.45, 7) is 3.26. The van der Waals surface area contributed by atoms with Crippen LogP contribution in [0.2, 0.25) is 0 Å². The fraction of sp³-hybridized carbons (Fsp3) is 0.361. The predicted molar refractivity (Wildman–Crippen MR) is 174 cm³/mol. The monoisotopic (exact) mass is 592 g/mol. The van der Waals surface area contributed by atoms with Gasteiger partial charge in [0.25, 0.3) is 0 Å². The van der Waals surface area contributed by atoms with Crippen LogP contribution >= 0.6 is 0 Å². The van der Waals surface area contributed by atoms with Crippen molar-refractivity contribution in [2.24, 2.45) is 0 Å². The highest BCUT2D eigenvalue weighted by atomic mass is 16.5. The molecule has 0 radical (unpaired) electrons. The summed E-state index contributed by atoms with van der Waals surface area (Å²) < 4.78 is 19.2. The number of anilines is 1. The zero-order chi connectivity index (χ0) is 30.5. The Morgan fingerprint density at radius 1 is 0.955 bits per heavy atom. The number of carbonyl (C=O) groups is 1. The van der Waals surface area contributed by atoms with Gasteiger partial charge in [-0.3, -0.25) is 9.48 Å². The SMILES string of the molecule is COCCCOC(=O)Cc1ccc(C)cc1OCc1c2cc(-c3ccc4ccnc(N)c4c3)ccc2nn1C1CCCCC1. The summed E-state index contributed by atoms with van der Waals surface area (Å²) in [7, 11) is 1.64. The number of rotatable bonds is 11. The molecular formula is C36H40N4O4. The van der Waals surface area contributed by atoms with Crippen molar-refractivity contribution >= 4 is 33.5 Å². The van der Waals surface area contributed by atoms with E-state index in [0.717, 1.165) is 62.5 Å². The highest BCUT2D eigenvalue weighted by Crippen LogP contribution is 2.35. The van der Waals surface area contributed by atoms with Crippen molar-refractivity contribution in [3.05, 3.63) is 83.7 Å². The highest BCUT2D eigenvalue weighted by molar-refractivity contribution is 5.95. The predicted octanol–water partition coefficient (Wildman–Crippen LogP) is 7.35. The third-order valence-electron chi connectivity index (χ3n) is 8.53. The van der Waals surface area contributed by atoms with Crippen molar-refractivity contribution in [2.75, 3.05) is 26.1 Å². The number of aromatic nitrogens is 3. The quantitative estimate of drug-likeness (QED) is 0.126. The van der Waals surface area contributed by atoms with Gasteiger partial charge in [0.05, 0.1) is 30.3 Å². The van der Waals surface area contributed by atoms with Crippen LogP contribution in [-0.4, -0.2) is 41.1 Å². The van der Waals surface area contributed by atoms with Gasteiger partial charge >= 0.3 is 5.97 Å². The highest BCUT2D eigenvalue weighted by Gasteiger charge is 2.23. The molecule has 0 unspecified atom stereocenters. The molecule has 5 aromatic rings. The lowest BCUT2D eigenvalue weighted by Gasteiger charge is -2.24. The van der Waals surface area contributed by atoms with Crippen LogP contribution in [0.1, 0.15) is 61.4 Å². The van der Waals surface area contributed by atoms with Gasteiger partial charge < -0.3 is 19.9 Å². The van der Waals surface area contributed by atoms with E-state index in [1.165, 1.54) is 19.3 Å². The maximum atomic E-state index is 12.6. The lowest BCUT2D eigenvalue weighted by molar-refractivity contribution is -0.143. The number of aryl methyl sites for hydroxylation is 1. The summed E-state index contributed by atoms with van der Waals surface area (Å²) in [6.07, 6.45) is 8.44. The first-order chi connectivity index (χ1) is 21.5. The van der Waals surface area contributed by atoms with Crippen LogP contribution < -0.4 is 10.5 Å². The summed E-state index contributed by atoms with van der Waals surface area (Å²) in [5, 5.41) is 8.18. The molecule has 2 N–H and O–H groups in total. The maximum absolute atomic E-state index is 12.6. The van der Waals surface area contributed by atoms with Gasteiger partial charge in [-0.1, -0.05) is 49.6 Å². The normalized spacial score (nSPS) is 13.9. The van der Waals surface area contributed by atoms with Crippen molar-refractivity contribution in [1.82, 2.24) is 14.8 Å². The van der Waals surface area contributed by atoms with E-state index >= 15 is 0 Å². The summed E-state index contributed by atoms with van der Waals surface area (Å²) in [5.41, 5.74) is 12.2. The molecule has 228 valence electrons. The van der Waals surface area contributed by atoms with Crippen LogP contribution in [0.25, 0.3) is 32.8 Å². The number of nitrogens with zero attached hydrogens (tertiary/aromatic N) is 3. The van der Waals surface area contributed by atoms with Gasteiger partial charge in [0.15, 0.2) is 0 Å². The molecule has 1 saturated carbocycles. The van der Waals surface area contributed by atoms with Crippen molar-refractivity contribution in [1.29, 1.82) is 0 Å². The number of fused-ring (bicyclic) bond motifs is 2. The van der Waals surface area contributed by atoms with Gasteiger partial charge in [-0.15, -0.1) is 0 Å². The van der Waals surface area contributed by atoms with Gasteiger partial charge in [-0.2, -0.15) is 5.10 Å². The minimum Gasteiger partial charge on any atom is -0.487 e. The van der Waals surface area contributed by atoms with Crippen molar-refractivity contribution < 1.29 is 19.0 Å². The number of pyridine rings is 1. The second-order valence-corrected chi connectivity index (χ2v) is 11.7. The lowest BCUT2D eigenvalue weighted by Crippen LogP contribution is -2.18. The van der Waals surface area contributed by atoms with Crippen LogP contribution in [0.3, 0.4) is 0 Å². The minimum atomic E-state index is -0.275. The number of nitrogens with two attached hydrogens (primary N) is 1. The number of benzene rings is 3. The average molecular weight is 593 g/mol. The van der Waals surface area contributed by atoms with E-state index in [9.17, 15) is 4.79 Å². The van der Waals surface area contributed by atoms with Gasteiger partial charge in [0.1, 0.15) is 18.2 Å². The van der Waals surface area contributed by atoms with Gasteiger partial charge in [-0.05, 0) is 72.2 Å². The Morgan fingerprint density at radius 2 is 1.75 bits per heavy atom. The number of nitrogen functional groups attached to an aromatic ring is 1. The van der Waals surface area contributed by atoms with Crippen LogP contribution in [-0.2, 0) is 27.3 Å². The number of ether oxygens (including phenoxy) is 3. The molecular weight excluding hydrogens is 552 g/mol. The fourth-order valence-corrected chi connectivity index (χ4v) is 6.16. The van der Waals surface area contributed by atoms with E-state index in [0.29, 0.717) is 43.9 Å². The first kappa shape index (κ1) is 29.6. The zero-order valence-electron chi connectivity index (χ0n) is 25.6. The molecule has 8 nitrogen and oxygen atoms in total. The third kappa shape index (κ3) is 6.55. The zero-order valence-corrected chi connectivity index (χ0v) is 25.6.